The molecule has 0 aliphatic heterocycles. The SMILES string of the molecule is Oc1cc(NCl)c(NCl)cc1NCl. The molecule has 0 aliphatic carbocycles. The van der Waals surface area contributed by atoms with E-state index in [4.69, 9.17) is 35.3 Å². The lowest BCUT2D eigenvalue weighted by Crippen LogP contribution is -1.91. The third-order valence-corrected chi connectivity index (χ3v) is 2.05. The van der Waals surface area contributed by atoms with Crippen LogP contribution in [0.25, 0.3) is 0 Å². The number of aromatic hydroxyl groups is 1. The van der Waals surface area contributed by atoms with Crippen molar-refractivity contribution in [1.82, 2.24) is 0 Å². The minimum Gasteiger partial charge on any atom is -0.506 e. The Labute approximate surface area is 90.1 Å². The van der Waals surface area contributed by atoms with E-state index in [0.29, 0.717) is 17.1 Å². The van der Waals surface area contributed by atoms with Crippen LogP contribution in [0.2, 0.25) is 0 Å². The molecule has 1 aromatic carbocycles. The number of nitrogens with one attached hydrogen (secondary N) is 3. The highest BCUT2D eigenvalue weighted by atomic mass is 35.5. The van der Waals surface area contributed by atoms with Gasteiger partial charge in [-0.15, -0.1) is 0 Å². The molecule has 0 unspecified atom stereocenters. The van der Waals surface area contributed by atoms with Crippen molar-refractivity contribution in [2.45, 2.75) is 0 Å². The summed E-state index contributed by atoms with van der Waals surface area (Å²) in [5.74, 6) is -0.0335. The van der Waals surface area contributed by atoms with Gasteiger partial charge in [0.25, 0.3) is 0 Å². The van der Waals surface area contributed by atoms with Gasteiger partial charge in [-0.2, -0.15) is 0 Å². The van der Waals surface area contributed by atoms with Crippen LogP contribution >= 0.6 is 35.3 Å². The summed E-state index contributed by atoms with van der Waals surface area (Å²) in [7, 11) is 0. The first-order valence-corrected chi connectivity index (χ1v) is 4.33. The zero-order valence-corrected chi connectivity index (χ0v) is 8.50. The van der Waals surface area contributed by atoms with Crippen LogP contribution < -0.4 is 14.5 Å². The average molecular weight is 242 g/mol. The van der Waals surface area contributed by atoms with Crippen molar-refractivity contribution >= 4 is 52.4 Å². The zero-order valence-electron chi connectivity index (χ0n) is 6.24. The van der Waals surface area contributed by atoms with Crippen LogP contribution in [-0.4, -0.2) is 5.11 Å². The molecule has 0 amide bonds. The van der Waals surface area contributed by atoms with E-state index in [0.717, 1.165) is 0 Å². The number of halogens is 3. The maximum absolute atomic E-state index is 9.33. The van der Waals surface area contributed by atoms with Crippen LogP contribution in [0.4, 0.5) is 17.1 Å². The van der Waals surface area contributed by atoms with Gasteiger partial charge in [-0.3, -0.25) is 14.5 Å². The summed E-state index contributed by atoms with van der Waals surface area (Å²) in [6.07, 6.45) is 0. The van der Waals surface area contributed by atoms with Gasteiger partial charge in [0.05, 0.1) is 17.1 Å². The standard InChI is InChI=1S/C6H6Cl3N3O/c7-10-3-1-5(12-9)6(13)2-4(3)11-8/h1-2,10-13H. The molecule has 1 aromatic rings. The molecule has 0 heterocycles. The summed E-state index contributed by atoms with van der Waals surface area (Å²) in [6.45, 7) is 0. The molecule has 1 rings (SSSR count). The van der Waals surface area contributed by atoms with E-state index >= 15 is 0 Å². The van der Waals surface area contributed by atoms with Crippen LogP contribution in [0.5, 0.6) is 5.75 Å². The Balaban J connectivity index is 3.18. The smallest absolute Gasteiger partial charge is 0.142 e. The Hall–Kier alpha value is -0.710. The second-order valence-electron chi connectivity index (χ2n) is 2.20. The van der Waals surface area contributed by atoms with Gasteiger partial charge in [-0.25, -0.2) is 0 Å². The van der Waals surface area contributed by atoms with E-state index < -0.39 is 0 Å². The van der Waals surface area contributed by atoms with E-state index in [-0.39, 0.29) is 5.75 Å². The van der Waals surface area contributed by atoms with Gasteiger partial charge < -0.3 is 5.11 Å². The lowest BCUT2D eigenvalue weighted by molar-refractivity contribution is 0.478. The van der Waals surface area contributed by atoms with Crippen LogP contribution in [0.3, 0.4) is 0 Å². The van der Waals surface area contributed by atoms with Crippen molar-refractivity contribution in [2.24, 2.45) is 0 Å². The molecule has 4 nitrogen and oxygen atoms in total. The van der Waals surface area contributed by atoms with Crippen molar-refractivity contribution in [3.05, 3.63) is 12.1 Å². The predicted molar refractivity (Wildman–Crippen MR) is 56.5 cm³/mol. The van der Waals surface area contributed by atoms with Crippen LogP contribution in [-0.2, 0) is 0 Å². The summed E-state index contributed by atoms with van der Waals surface area (Å²) >= 11 is 16.1. The topological polar surface area (TPSA) is 56.3 Å². The minimum absolute atomic E-state index is 0.0335. The molecule has 0 bridgehead atoms. The van der Waals surface area contributed by atoms with Gasteiger partial charge in [-0.05, 0) is 6.07 Å². The molecule has 13 heavy (non-hydrogen) atoms. The third-order valence-electron chi connectivity index (χ3n) is 1.44. The summed E-state index contributed by atoms with van der Waals surface area (Å²) in [4.78, 5) is 6.97. The Morgan fingerprint density at radius 1 is 0.846 bits per heavy atom. The van der Waals surface area contributed by atoms with E-state index in [1.807, 2.05) is 0 Å². The largest absolute Gasteiger partial charge is 0.506 e. The van der Waals surface area contributed by atoms with Crippen LogP contribution in [0, 0.1) is 0 Å². The molecule has 0 atom stereocenters. The molecule has 0 spiro atoms. The molecule has 0 radical (unpaired) electrons. The van der Waals surface area contributed by atoms with E-state index in [1.54, 1.807) is 0 Å². The maximum Gasteiger partial charge on any atom is 0.142 e. The fourth-order valence-electron chi connectivity index (χ4n) is 0.820. The van der Waals surface area contributed by atoms with E-state index in [2.05, 4.69) is 14.5 Å². The predicted octanol–water partition coefficient (Wildman–Crippen LogP) is 3.09. The Bertz CT molecular complexity index is 307. The number of benzene rings is 1. The molecule has 0 saturated carbocycles. The second kappa shape index (κ2) is 4.50. The Morgan fingerprint density at radius 2 is 1.31 bits per heavy atom. The summed E-state index contributed by atoms with van der Waals surface area (Å²) in [5.41, 5.74) is 1.28. The van der Waals surface area contributed by atoms with E-state index in [9.17, 15) is 5.11 Å². The first-order chi connectivity index (χ1) is 6.22. The minimum atomic E-state index is -0.0335. The molecule has 0 aromatic heterocycles. The number of hydrogen-bond acceptors (Lipinski definition) is 4. The van der Waals surface area contributed by atoms with Gasteiger partial charge in [-0.1, -0.05) is 0 Å². The van der Waals surface area contributed by atoms with Crippen LogP contribution in [0.1, 0.15) is 0 Å². The third kappa shape index (κ3) is 2.15. The van der Waals surface area contributed by atoms with Crippen molar-refractivity contribution in [3.8, 4) is 5.75 Å². The number of rotatable bonds is 3. The number of anilines is 3. The fourth-order valence-corrected chi connectivity index (χ4v) is 1.28. The quantitative estimate of drug-likeness (QED) is 0.374. The Kier molecular flexibility index (Phi) is 3.59. The normalized spacial score (nSPS) is 9.46. The highest BCUT2D eigenvalue weighted by Gasteiger charge is 2.07. The summed E-state index contributed by atoms with van der Waals surface area (Å²) in [5, 5.41) is 9.33. The first kappa shape index (κ1) is 10.4. The molecular formula is C6H6Cl3N3O. The van der Waals surface area contributed by atoms with Crippen molar-refractivity contribution in [2.75, 3.05) is 14.5 Å². The molecule has 7 heteroatoms. The molecular weight excluding hydrogens is 236 g/mol. The summed E-state index contributed by atoms with van der Waals surface area (Å²) < 4.78 is 0. The number of phenolic OH excluding ortho intramolecular Hbond substituents is 1. The molecule has 0 saturated heterocycles. The van der Waals surface area contributed by atoms with Gasteiger partial charge in [0.2, 0.25) is 0 Å². The lowest BCUT2D eigenvalue weighted by atomic mass is 10.2. The second-order valence-corrected chi connectivity index (χ2v) is 2.77. The van der Waals surface area contributed by atoms with Crippen molar-refractivity contribution in [3.63, 3.8) is 0 Å². The number of phenols is 1. The van der Waals surface area contributed by atoms with Gasteiger partial charge in [0, 0.05) is 41.4 Å². The first-order valence-electron chi connectivity index (χ1n) is 3.20. The maximum atomic E-state index is 9.33. The highest BCUT2D eigenvalue weighted by Crippen LogP contribution is 2.35. The Morgan fingerprint density at radius 3 is 1.77 bits per heavy atom. The van der Waals surface area contributed by atoms with Crippen molar-refractivity contribution in [1.29, 1.82) is 0 Å². The van der Waals surface area contributed by atoms with E-state index in [1.165, 1.54) is 12.1 Å². The summed E-state index contributed by atoms with van der Waals surface area (Å²) in [6, 6.07) is 2.88. The van der Waals surface area contributed by atoms with Gasteiger partial charge in [0.1, 0.15) is 5.75 Å². The highest BCUT2D eigenvalue weighted by molar-refractivity contribution is 6.29. The molecule has 72 valence electrons. The van der Waals surface area contributed by atoms with Crippen molar-refractivity contribution < 1.29 is 5.11 Å². The van der Waals surface area contributed by atoms with Gasteiger partial charge >= 0.3 is 0 Å². The van der Waals surface area contributed by atoms with Gasteiger partial charge in [0.15, 0.2) is 0 Å². The molecule has 4 N–H and O–H groups in total. The monoisotopic (exact) mass is 241 g/mol. The fraction of sp³-hybridized carbons (Fsp3) is 0. The number of hydrogen-bond donors (Lipinski definition) is 4. The average Bonchev–Trinajstić information content (AvgIpc) is 2.17. The zero-order chi connectivity index (χ0) is 9.84. The lowest BCUT2D eigenvalue weighted by Gasteiger charge is -2.09. The molecule has 0 fully saturated rings. The molecule has 0 aliphatic rings. The van der Waals surface area contributed by atoms with Crippen LogP contribution in [0.15, 0.2) is 12.1 Å².